The van der Waals surface area contributed by atoms with Gasteiger partial charge in [-0.25, -0.2) is 4.98 Å². The third kappa shape index (κ3) is 5.52. The van der Waals surface area contributed by atoms with Crippen LogP contribution in [0.2, 0.25) is 0 Å². The smallest absolute Gasteiger partial charge is 0.253 e. The summed E-state index contributed by atoms with van der Waals surface area (Å²) in [4.78, 5) is 29.6. The Balaban J connectivity index is 1.34. The van der Waals surface area contributed by atoms with Gasteiger partial charge in [-0.15, -0.1) is 5.10 Å². The number of rotatable bonds is 7. The van der Waals surface area contributed by atoms with Crippen LogP contribution in [0.1, 0.15) is 41.6 Å². The van der Waals surface area contributed by atoms with Crippen molar-refractivity contribution < 1.29 is 9.59 Å². The molecule has 1 aliphatic rings. The summed E-state index contributed by atoms with van der Waals surface area (Å²) < 4.78 is 0. The van der Waals surface area contributed by atoms with E-state index < -0.39 is 0 Å². The Morgan fingerprint density at radius 2 is 1.84 bits per heavy atom. The molecule has 4 rings (SSSR count). The second kappa shape index (κ2) is 9.78. The monoisotopic (exact) mass is 435 g/mol. The molecule has 0 atom stereocenters. The van der Waals surface area contributed by atoms with Crippen LogP contribution in [0, 0.1) is 6.92 Å². The number of hydrogen-bond acceptors (Lipinski definition) is 5. The molecule has 0 radical (unpaired) electrons. The van der Waals surface area contributed by atoms with E-state index in [1.807, 2.05) is 31.2 Å². The van der Waals surface area contributed by atoms with Gasteiger partial charge in [0, 0.05) is 11.6 Å². The Kier molecular flexibility index (Phi) is 6.66. The molecule has 7 nitrogen and oxygen atoms in total. The molecule has 2 aromatic carbocycles. The number of carbonyl (C=O) groups is 2. The van der Waals surface area contributed by atoms with Gasteiger partial charge in [0.15, 0.2) is 5.82 Å². The first-order chi connectivity index (χ1) is 15.1. The van der Waals surface area contributed by atoms with Gasteiger partial charge in [-0.2, -0.15) is 0 Å². The third-order valence-electron chi connectivity index (χ3n) is 5.26. The topological polar surface area (TPSA) is 99.8 Å². The van der Waals surface area contributed by atoms with Crippen LogP contribution in [0.25, 0.3) is 11.4 Å². The predicted octanol–water partition coefficient (Wildman–Crippen LogP) is 4.18. The molecule has 31 heavy (non-hydrogen) atoms. The second-order valence-corrected chi connectivity index (χ2v) is 8.61. The van der Waals surface area contributed by atoms with Crippen molar-refractivity contribution in [2.24, 2.45) is 0 Å². The van der Waals surface area contributed by atoms with Gasteiger partial charge in [0.05, 0.1) is 17.0 Å². The Bertz CT molecular complexity index is 1060. The minimum absolute atomic E-state index is 0.143. The number of anilines is 1. The summed E-state index contributed by atoms with van der Waals surface area (Å²) in [5.74, 6) is 0.445. The van der Waals surface area contributed by atoms with E-state index in [4.69, 9.17) is 0 Å². The van der Waals surface area contributed by atoms with Crippen LogP contribution in [-0.2, 0) is 4.79 Å². The van der Waals surface area contributed by atoms with Gasteiger partial charge >= 0.3 is 0 Å². The molecule has 0 spiro atoms. The van der Waals surface area contributed by atoms with Crippen LogP contribution in [0.4, 0.5) is 5.69 Å². The van der Waals surface area contributed by atoms with Crippen molar-refractivity contribution in [3.63, 3.8) is 0 Å². The molecule has 0 aliphatic heterocycles. The number of hydrogen-bond donors (Lipinski definition) is 3. The number of amides is 2. The lowest BCUT2D eigenvalue weighted by Crippen LogP contribution is -2.33. The van der Waals surface area contributed by atoms with E-state index in [0.29, 0.717) is 22.2 Å². The van der Waals surface area contributed by atoms with Crippen LogP contribution in [0.3, 0.4) is 0 Å². The van der Waals surface area contributed by atoms with E-state index in [0.717, 1.165) is 31.2 Å². The summed E-state index contributed by atoms with van der Waals surface area (Å²) in [7, 11) is 0. The largest absolute Gasteiger partial charge is 0.349 e. The van der Waals surface area contributed by atoms with Crippen molar-refractivity contribution in [1.29, 1.82) is 0 Å². The third-order valence-corrected chi connectivity index (χ3v) is 6.11. The first kappa shape index (κ1) is 21.1. The standard InChI is InChI=1S/C23H25N5O2S/c1-15-10-12-16(13-11-15)21-26-23(28-27-21)31-14-20(29)25-19-9-5-4-8-18(19)22(30)24-17-6-2-3-7-17/h4-5,8-13,17H,2-3,6-7,14H2,1H3,(H,24,30)(H,25,29)(H,26,27,28). The fourth-order valence-corrected chi connectivity index (χ4v) is 4.19. The normalized spacial score (nSPS) is 13.8. The van der Waals surface area contributed by atoms with Crippen LogP contribution in [-0.4, -0.2) is 38.8 Å². The van der Waals surface area contributed by atoms with Crippen molar-refractivity contribution in [2.75, 3.05) is 11.1 Å². The number of aromatic nitrogens is 3. The Morgan fingerprint density at radius 1 is 1.10 bits per heavy atom. The summed E-state index contributed by atoms with van der Waals surface area (Å²) >= 11 is 1.24. The lowest BCUT2D eigenvalue weighted by molar-refractivity contribution is -0.113. The highest BCUT2D eigenvalue weighted by Gasteiger charge is 2.20. The van der Waals surface area contributed by atoms with Crippen molar-refractivity contribution >= 4 is 29.3 Å². The summed E-state index contributed by atoms with van der Waals surface area (Å²) in [6, 6.07) is 15.3. The Hall–Kier alpha value is -3.13. The zero-order chi connectivity index (χ0) is 21.6. The first-order valence-electron chi connectivity index (χ1n) is 10.4. The molecular weight excluding hydrogens is 410 g/mol. The number of H-pyrrole nitrogens is 1. The lowest BCUT2D eigenvalue weighted by Gasteiger charge is -2.14. The molecule has 0 saturated heterocycles. The summed E-state index contributed by atoms with van der Waals surface area (Å²) in [5, 5.41) is 13.5. The number of benzene rings is 2. The van der Waals surface area contributed by atoms with Gasteiger partial charge < -0.3 is 10.6 Å². The van der Waals surface area contributed by atoms with E-state index >= 15 is 0 Å². The van der Waals surface area contributed by atoms with E-state index in [1.165, 1.54) is 17.3 Å². The summed E-state index contributed by atoms with van der Waals surface area (Å²) in [5.41, 5.74) is 3.11. The first-order valence-corrected chi connectivity index (χ1v) is 11.4. The van der Waals surface area contributed by atoms with Gasteiger partial charge in [-0.1, -0.05) is 66.6 Å². The number of aromatic amines is 1. The molecule has 0 unspecified atom stereocenters. The number of nitrogens with zero attached hydrogens (tertiary/aromatic N) is 2. The minimum atomic E-state index is -0.215. The maximum atomic E-state index is 12.6. The van der Waals surface area contributed by atoms with E-state index in [1.54, 1.807) is 24.3 Å². The average Bonchev–Trinajstić information content (AvgIpc) is 3.45. The van der Waals surface area contributed by atoms with Crippen molar-refractivity contribution in [3.05, 3.63) is 59.7 Å². The Labute approximate surface area is 185 Å². The number of thioether (sulfide) groups is 1. The molecule has 3 aromatic rings. The maximum absolute atomic E-state index is 12.6. The number of aryl methyl sites for hydroxylation is 1. The lowest BCUT2D eigenvalue weighted by atomic mass is 10.1. The van der Waals surface area contributed by atoms with Gasteiger partial charge in [0.2, 0.25) is 11.1 Å². The molecule has 1 heterocycles. The molecule has 8 heteroatoms. The zero-order valence-corrected chi connectivity index (χ0v) is 18.2. The molecule has 0 bridgehead atoms. The molecule has 2 amide bonds. The number of carbonyl (C=O) groups excluding carboxylic acids is 2. The zero-order valence-electron chi connectivity index (χ0n) is 17.4. The van der Waals surface area contributed by atoms with E-state index in [-0.39, 0.29) is 23.6 Å². The summed E-state index contributed by atoms with van der Waals surface area (Å²) in [6.45, 7) is 2.03. The van der Waals surface area contributed by atoms with Gasteiger partial charge in [0.25, 0.3) is 5.91 Å². The SMILES string of the molecule is Cc1ccc(-c2nc(SCC(=O)Nc3ccccc3C(=O)NC3CCCC3)n[nH]2)cc1. The fourth-order valence-electron chi connectivity index (χ4n) is 3.59. The van der Waals surface area contributed by atoms with Crippen molar-refractivity contribution in [1.82, 2.24) is 20.5 Å². The molecule has 1 aliphatic carbocycles. The van der Waals surface area contributed by atoms with Crippen LogP contribution >= 0.6 is 11.8 Å². The maximum Gasteiger partial charge on any atom is 0.253 e. The van der Waals surface area contributed by atoms with Gasteiger partial charge in [-0.05, 0) is 31.9 Å². The quantitative estimate of drug-likeness (QED) is 0.484. The molecule has 1 aromatic heterocycles. The molecule has 3 N–H and O–H groups in total. The van der Waals surface area contributed by atoms with Crippen LogP contribution < -0.4 is 10.6 Å². The highest BCUT2D eigenvalue weighted by Crippen LogP contribution is 2.22. The predicted molar refractivity (Wildman–Crippen MR) is 122 cm³/mol. The van der Waals surface area contributed by atoms with Crippen molar-refractivity contribution in [2.45, 2.75) is 43.8 Å². The second-order valence-electron chi connectivity index (χ2n) is 7.67. The van der Waals surface area contributed by atoms with Gasteiger partial charge in [0.1, 0.15) is 0 Å². The molecule has 1 saturated carbocycles. The minimum Gasteiger partial charge on any atom is -0.349 e. The Morgan fingerprint density at radius 3 is 2.61 bits per heavy atom. The highest BCUT2D eigenvalue weighted by atomic mass is 32.2. The van der Waals surface area contributed by atoms with E-state index in [2.05, 4.69) is 25.8 Å². The molecule has 1 fully saturated rings. The highest BCUT2D eigenvalue weighted by molar-refractivity contribution is 7.99. The van der Waals surface area contributed by atoms with Crippen LogP contribution in [0.5, 0.6) is 0 Å². The molecule has 160 valence electrons. The average molecular weight is 436 g/mol. The van der Waals surface area contributed by atoms with Gasteiger partial charge in [-0.3, -0.25) is 14.7 Å². The summed E-state index contributed by atoms with van der Waals surface area (Å²) in [6.07, 6.45) is 4.32. The van der Waals surface area contributed by atoms with Crippen LogP contribution in [0.15, 0.2) is 53.7 Å². The number of nitrogens with one attached hydrogen (secondary N) is 3. The fraction of sp³-hybridized carbons (Fsp3) is 0.304. The molecular formula is C23H25N5O2S. The van der Waals surface area contributed by atoms with E-state index in [9.17, 15) is 9.59 Å². The number of para-hydroxylation sites is 1. The van der Waals surface area contributed by atoms with Crippen molar-refractivity contribution in [3.8, 4) is 11.4 Å².